The highest BCUT2D eigenvalue weighted by molar-refractivity contribution is 5.65. The number of aryl methyl sites for hydroxylation is 2. The summed E-state index contributed by atoms with van der Waals surface area (Å²) in [5, 5.41) is 7.39. The maximum absolute atomic E-state index is 5.54. The molecule has 0 saturated carbocycles. The van der Waals surface area contributed by atoms with Gasteiger partial charge >= 0.3 is 0 Å². The van der Waals surface area contributed by atoms with Crippen LogP contribution < -0.4 is 5.32 Å². The summed E-state index contributed by atoms with van der Waals surface area (Å²) in [5.74, 6) is 0.921. The molecule has 0 spiro atoms. The summed E-state index contributed by atoms with van der Waals surface area (Å²) in [7, 11) is 0. The molecule has 3 rings (SSSR count). The standard InChI is InChI=1S/C16H21N3O/c1-12-3-4-13(2)15(9-12)16-14(10-18-20-16)11-19-7-5-17-6-8-19/h3-4,9-10,17H,5-8,11H2,1-2H3. The van der Waals surface area contributed by atoms with Gasteiger partial charge in [0.15, 0.2) is 5.76 Å². The Morgan fingerprint density at radius 1 is 1.25 bits per heavy atom. The molecule has 0 unspecified atom stereocenters. The van der Waals surface area contributed by atoms with Gasteiger partial charge in [-0.2, -0.15) is 0 Å². The number of hydrogen-bond donors (Lipinski definition) is 1. The third kappa shape index (κ3) is 2.76. The molecule has 2 heterocycles. The topological polar surface area (TPSA) is 41.3 Å². The Bertz CT molecular complexity index is 585. The van der Waals surface area contributed by atoms with Gasteiger partial charge < -0.3 is 9.84 Å². The van der Waals surface area contributed by atoms with Crippen molar-refractivity contribution < 1.29 is 4.52 Å². The van der Waals surface area contributed by atoms with Gasteiger partial charge in [0.1, 0.15) is 0 Å². The number of aromatic nitrogens is 1. The van der Waals surface area contributed by atoms with Crippen molar-refractivity contribution in [3.63, 3.8) is 0 Å². The van der Waals surface area contributed by atoms with Gasteiger partial charge in [0.2, 0.25) is 0 Å². The Hall–Kier alpha value is -1.65. The summed E-state index contributed by atoms with van der Waals surface area (Å²) >= 11 is 0. The highest BCUT2D eigenvalue weighted by Gasteiger charge is 2.17. The van der Waals surface area contributed by atoms with Crippen molar-refractivity contribution in [1.29, 1.82) is 0 Å². The molecule has 4 heteroatoms. The lowest BCUT2D eigenvalue weighted by Gasteiger charge is -2.26. The van der Waals surface area contributed by atoms with Crippen molar-refractivity contribution in [3.05, 3.63) is 41.1 Å². The summed E-state index contributed by atoms with van der Waals surface area (Å²) in [5.41, 5.74) is 4.82. The fourth-order valence-corrected chi connectivity index (χ4v) is 2.69. The Morgan fingerprint density at radius 3 is 2.85 bits per heavy atom. The van der Waals surface area contributed by atoms with Crippen molar-refractivity contribution in [1.82, 2.24) is 15.4 Å². The van der Waals surface area contributed by atoms with Crippen LogP contribution >= 0.6 is 0 Å². The fraction of sp³-hybridized carbons (Fsp3) is 0.438. The van der Waals surface area contributed by atoms with E-state index in [4.69, 9.17) is 4.52 Å². The fourth-order valence-electron chi connectivity index (χ4n) is 2.69. The molecule has 1 aromatic heterocycles. The Morgan fingerprint density at radius 2 is 2.05 bits per heavy atom. The summed E-state index contributed by atoms with van der Waals surface area (Å²) in [6.45, 7) is 9.41. The maximum Gasteiger partial charge on any atom is 0.171 e. The van der Waals surface area contributed by atoms with E-state index in [0.29, 0.717) is 0 Å². The molecule has 106 valence electrons. The summed E-state index contributed by atoms with van der Waals surface area (Å²) < 4.78 is 5.54. The number of nitrogens with one attached hydrogen (secondary N) is 1. The molecule has 1 fully saturated rings. The number of piperazine rings is 1. The first-order valence-corrected chi connectivity index (χ1v) is 7.18. The Labute approximate surface area is 119 Å². The Kier molecular flexibility index (Phi) is 3.85. The van der Waals surface area contributed by atoms with Gasteiger partial charge in [-0.3, -0.25) is 4.90 Å². The van der Waals surface area contributed by atoms with E-state index in [1.807, 2.05) is 6.20 Å². The number of nitrogens with zero attached hydrogens (tertiary/aromatic N) is 2. The van der Waals surface area contributed by atoms with Gasteiger partial charge in [-0.05, 0) is 25.5 Å². The van der Waals surface area contributed by atoms with E-state index in [1.54, 1.807) is 0 Å². The normalized spacial score (nSPS) is 16.5. The molecule has 1 N–H and O–H groups in total. The van der Waals surface area contributed by atoms with Crippen LogP contribution in [0.2, 0.25) is 0 Å². The monoisotopic (exact) mass is 271 g/mol. The van der Waals surface area contributed by atoms with Crippen LogP contribution in [0.4, 0.5) is 0 Å². The van der Waals surface area contributed by atoms with Gasteiger partial charge in [-0.25, -0.2) is 0 Å². The van der Waals surface area contributed by atoms with Crippen molar-refractivity contribution in [2.75, 3.05) is 26.2 Å². The second kappa shape index (κ2) is 5.77. The molecule has 1 saturated heterocycles. The first kappa shape index (κ1) is 13.3. The molecule has 1 aromatic carbocycles. The number of rotatable bonds is 3. The van der Waals surface area contributed by atoms with Crippen LogP contribution in [-0.4, -0.2) is 36.2 Å². The number of hydrogen-bond acceptors (Lipinski definition) is 4. The van der Waals surface area contributed by atoms with E-state index >= 15 is 0 Å². The largest absolute Gasteiger partial charge is 0.356 e. The first-order valence-electron chi connectivity index (χ1n) is 7.18. The van der Waals surface area contributed by atoms with Crippen molar-refractivity contribution >= 4 is 0 Å². The zero-order valence-corrected chi connectivity index (χ0v) is 12.1. The molecule has 0 aliphatic carbocycles. The summed E-state index contributed by atoms with van der Waals surface area (Å²) in [4.78, 5) is 2.44. The van der Waals surface area contributed by atoms with Crippen molar-refractivity contribution in [2.24, 2.45) is 0 Å². The van der Waals surface area contributed by atoms with Crippen LogP contribution in [0.5, 0.6) is 0 Å². The maximum atomic E-state index is 5.54. The van der Waals surface area contributed by atoms with Gasteiger partial charge in [0.25, 0.3) is 0 Å². The van der Waals surface area contributed by atoms with Crippen LogP contribution in [0.25, 0.3) is 11.3 Å². The van der Waals surface area contributed by atoms with Gasteiger partial charge in [-0.1, -0.05) is 22.9 Å². The molecule has 20 heavy (non-hydrogen) atoms. The molecule has 1 aliphatic rings. The Balaban J connectivity index is 1.87. The molecule has 4 nitrogen and oxygen atoms in total. The zero-order valence-electron chi connectivity index (χ0n) is 12.1. The molecule has 0 atom stereocenters. The molecular formula is C16H21N3O. The SMILES string of the molecule is Cc1ccc(C)c(-c2oncc2CN2CCNCC2)c1. The van der Waals surface area contributed by atoms with E-state index in [9.17, 15) is 0 Å². The molecule has 0 radical (unpaired) electrons. The minimum absolute atomic E-state index is 0.911. The average molecular weight is 271 g/mol. The third-order valence-corrected chi connectivity index (χ3v) is 3.89. The van der Waals surface area contributed by atoms with Crippen LogP contribution in [0.1, 0.15) is 16.7 Å². The minimum atomic E-state index is 0.911. The van der Waals surface area contributed by atoms with Crippen LogP contribution in [-0.2, 0) is 6.54 Å². The molecule has 0 bridgehead atoms. The second-order valence-electron chi connectivity index (χ2n) is 5.52. The zero-order chi connectivity index (χ0) is 13.9. The minimum Gasteiger partial charge on any atom is -0.356 e. The van der Waals surface area contributed by atoms with E-state index < -0.39 is 0 Å². The van der Waals surface area contributed by atoms with Crippen LogP contribution in [0.3, 0.4) is 0 Å². The second-order valence-corrected chi connectivity index (χ2v) is 5.52. The smallest absolute Gasteiger partial charge is 0.171 e. The van der Waals surface area contributed by atoms with Crippen LogP contribution in [0, 0.1) is 13.8 Å². The molecular weight excluding hydrogens is 250 g/mol. The predicted molar refractivity (Wildman–Crippen MR) is 79.6 cm³/mol. The van der Waals surface area contributed by atoms with E-state index in [2.05, 4.69) is 47.4 Å². The van der Waals surface area contributed by atoms with Gasteiger partial charge in [0, 0.05) is 43.9 Å². The highest BCUT2D eigenvalue weighted by atomic mass is 16.5. The highest BCUT2D eigenvalue weighted by Crippen LogP contribution is 2.28. The third-order valence-electron chi connectivity index (χ3n) is 3.89. The van der Waals surface area contributed by atoms with Crippen molar-refractivity contribution in [3.8, 4) is 11.3 Å². The van der Waals surface area contributed by atoms with E-state index in [-0.39, 0.29) is 0 Å². The lowest BCUT2D eigenvalue weighted by molar-refractivity contribution is 0.233. The summed E-state index contributed by atoms with van der Waals surface area (Å²) in [6, 6.07) is 6.45. The van der Waals surface area contributed by atoms with Crippen molar-refractivity contribution in [2.45, 2.75) is 20.4 Å². The van der Waals surface area contributed by atoms with Crippen LogP contribution in [0.15, 0.2) is 28.9 Å². The average Bonchev–Trinajstić information content (AvgIpc) is 2.91. The molecule has 1 aliphatic heterocycles. The quantitative estimate of drug-likeness (QED) is 0.930. The molecule has 2 aromatic rings. The predicted octanol–water partition coefficient (Wildman–Crippen LogP) is 2.36. The van der Waals surface area contributed by atoms with E-state index in [0.717, 1.165) is 44.0 Å². The molecule has 0 amide bonds. The van der Waals surface area contributed by atoms with Gasteiger partial charge in [-0.15, -0.1) is 0 Å². The van der Waals surface area contributed by atoms with Gasteiger partial charge in [0.05, 0.1) is 6.20 Å². The summed E-state index contributed by atoms with van der Waals surface area (Å²) in [6.07, 6.45) is 1.86. The van der Waals surface area contributed by atoms with E-state index in [1.165, 1.54) is 16.7 Å². The first-order chi connectivity index (χ1) is 9.74. The number of benzene rings is 1. The lowest BCUT2D eigenvalue weighted by atomic mass is 10.0. The lowest BCUT2D eigenvalue weighted by Crippen LogP contribution is -2.42.